The zero-order valence-electron chi connectivity index (χ0n) is 11.8. The average Bonchev–Trinajstić information content (AvgIpc) is 2.44. The Balaban J connectivity index is 2.41. The molecule has 0 bridgehead atoms. The van der Waals surface area contributed by atoms with Crippen LogP contribution in [0.15, 0.2) is 12.3 Å². The van der Waals surface area contributed by atoms with Crippen molar-refractivity contribution in [2.75, 3.05) is 24.6 Å². The Morgan fingerprint density at radius 2 is 2.43 bits per heavy atom. The van der Waals surface area contributed by atoms with Crippen molar-refractivity contribution in [1.29, 1.82) is 5.26 Å². The van der Waals surface area contributed by atoms with Gasteiger partial charge in [0.1, 0.15) is 6.07 Å². The first-order valence-corrected chi connectivity index (χ1v) is 6.44. The maximum absolute atomic E-state index is 11.2. The molecule has 1 atom stereocenters. The molecule has 1 N–H and O–H groups in total. The Hall–Kier alpha value is -2.24. The van der Waals surface area contributed by atoms with Crippen molar-refractivity contribution in [3.8, 4) is 6.07 Å². The van der Waals surface area contributed by atoms with Gasteiger partial charge in [-0.15, -0.1) is 0 Å². The minimum Gasteiger partial charge on any atom is -0.394 e. The molecule has 8 nitrogen and oxygen atoms in total. The molecule has 0 radical (unpaired) electrons. The lowest BCUT2D eigenvalue weighted by Gasteiger charge is -2.42. The summed E-state index contributed by atoms with van der Waals surface area (Å²) in [6.07, 6.45) is 0.865. The van der Waals surface area contributed by atoms with Crippen LogP contribution >= 0.6 is 0 Å². The second kappa shape index (κ2) is 5.63. The van der Waals surface area contributed by atoms with E-state index >= 15 is 0 Å². The number of nitriles is 1. The summed E-state index contributed by atoms with van der Waals surface area (Å²) in [4.78, 5) is 16.4. The Morgan fingerprint density at radius 3 is 3.00 bits per heavy atom. The Labute approximate surface area is 121 Å². The molecule has 1 aromatic heterocycles. The van der Waals surface area contributed by atoms with Crippen LogP contribution in [-0.2, 0) is 4.74 Å². The number of aromatic nitrogens is 1. The molecule has 8 heteroatoms. The summed E-state index contributed by atoms with van der Waals surface area (Å²) >= 11 is 0. The summed E-state index contributed by atoms with van der Waals surface area (Å²) in [6, 6.07) is 3.05. The zero-order chi connectivity index (χ0) is 15.6. The third kappa shape index (κ3) is 3.26. The molecule has 2 heterocycles. The number of hydrogen-bond acceptors (Lipinski definition) is 7. The van der Waals surface area contributed by atoms with E-state index < -0.39 is 16.6 Å². The molecule has 1 saturated heterocycles. The largest absolute Gasteiger partial charge is 0.394 e. The van der Waals surface area contributed by atoms with Gasteiger partial charge in [-0.05, 0) is 13.8 Å². The number of nitro groups is 1. The summed E-state index contributed by atoms with van der Waals surface area (Å²) in [5, 5.41) is 29.3. The van der Waals surface area contributed by atoms with Crippen molar-refractivity contribution < 1.29 is 14.8 Å². The van der Waals surface area contributed by atoms with Crippen LogP contribution in [0.2, 0.25) is 0 Å². The van der Waals surface area contributed by atoms with Crippen LogP contribution in [-0.4, -0.2) is 46.4 Å². The number of hydrogen-bond donors (Lipinski definition) is 1. The van der Waals surface area contributed by atoms with Gasteiger partial charge in [-0.3, -0.25) is 10.1 Å². The van der Waals surface area contributed by atoms with Crippen molar-refractivity contribution in [3.63, 3.8) is 0 Å². The molecular weight excluding hydrogens is 276 g/mol. The monoisotopic (exact) mass is 292 g/mol. The SMILES string of the molecule is CC1(C)CN(c2ncc(C#N)cc2[N+](=O)[O-])CC(CO)O1. The third-order valence-corrected chi connectivity index (χ3v) is 3.16. The molecule has 0 amide bonds. The highest BCUT2D eigenvalue weighted by Gasteiger charge is 2.36. The van der Waals surface area contributed by atoms with E-state index in [0.717, 1.165) is 0 Å². The van der Waals surface area contributed by atoms with Crippen LogP contribution in [0.4, 0.5) is 11.5 Å². The van der Waals surface area contributed by atoms with Gasteiger partial charge in [0, 0.05) is 25.4 Å². The van der Waals surface area contributed by atoms with E-state index in [2.05, 4.69) is 4.98 Å². The first-order valence-electron chi connectivity index (χ1n) is 6.44. The molecule has 112 valence electrons. The summed E-state index contributed by atoms with van der Waals surface area (Å²) in [7, 11) is 0. The number of morpholine rings is 1. The molecular formula is C13H16N4O4. The van der Waals surface area contributed by atoms with Crippen molar-refractivity contribution >= 4 is 11.5 Å². The molecule has 21 heavy (non-hydrogen) atoms. The highest BCUT2D eigenvalue weighted by molar-refractivity contribution is 5.60. The van der Waals surface area contributed by atoms with Crippen molar-refractivity contribution in [1.82, 2.24) is 4.98 Å². The summed E-state index contributed by atoms with van der Waals surface area (Å²) in [6.45, 7) is 4.22. The van der Waals surface area contributed by atoms with E-state index in [0.29, 0.717) is 13.1 Å². The van der Waals surface area contributed by atoms with Gasteiger partial charge in [0.05, 0.1) is 28.8 Å². The lowest BCUT2D eigenvalue weighted by atomic mass is 10.0. The predicted octanol–water partition coefficient (Wildman–Crippen LogP) is 0.838. The normalized spacial score (nSPS) is 20.9. The van der Waals surface area contributed by atoms with Gasteiger partial charge >= 0.3 is 5.69 Å². The number of anilines is 1. The Bertz CT molecular complexity index is 596. The smallest absolute Gasteiger partial charge is 0.312 e. The second-order valence-electron chi connectivity index (χ2n) is 5.50. The minimum absolute atomic E-state index is 0.136. The van der Waals surface area contributed by atoms with Crippen LogP contribution in [0.1, 0.15) is 19.4 Å². The number of rotatable bonds is 3. The van der Waals surface area contributed by atoms with Crippen LogP contribution in [0.3, 0.4) is 0 Å². The molecule has 1 aliphatic rings. The number of nitrogens with zero attached hydrogens (tertiary/aromatic N) is 4. The molecule has 1 fully saturated rings. The van der Waals surface area contributed by atoms with Crippen LogP contribution in [0, 0.1) is 21.4 Å². The van der Waals surface area contributed by atoms with E-state index in [1.807, 2.05) is 19.9 Å². The van der Waals surface area contributed by atoms with E-state index in [9.17, 15) is 15.2 Å². The maximum atomic E-state index is 11.2. The van der Waals surface area contributed by atoms with Gasteiger partial charge in [-0.1, -0.05) is 0 Å². The summed E-state index contributed by atoms with van der Waals surface area (Å²) in [5.41, 5.74) is -0.644. The van der Waals surface area contributed by atoms with Gasteiger partial charge in [0.2, 0.25) is 5.82 Å². The van der Waals surface area contributed by atoms with Crippen molar-refractivity contribution in [2.45, 2.75) is 25.6 Å². The molecule has 2 rings (SSSR count). The first kappa shape index (κ1) is 15.2. The Kier molecular flexibility index (Phi) is 4.06. The van der Waals surface area contributed by atoms with Crippen molar-refractivity contribution in [3.05, 3.63) is 27.9 Å². The number of pyridine rings is 1. The van der Waals surface area contributed by atoms with Gasteiger partial charge in [0.15, 0.2) is 0 Å². The van der Waals surface area contributed by atoms with E-state index in [1.165, 1.54) is 12.3 Å². The topological polar surface area (TPSA) is 113 Å². The van der Waals surface area contributed by atoms with Crippen molar-refractivity contribution in [2.24, 2.45) is 0 Å². The quantitative estimate of drug-likeness (QED) is 0.648. The zero-order valence-corrected chi connectivity index (χ0v) is 11.8. The second-order valence-corrected chi connectivity index (χ2v) is 5.50. The molecule has 0 aromatic carbocycles. The molecule has 0 saturated carbocycles. The number of aliphatic hydroxyl groups is 1. The molecule has 1 aromatic rings. The highest BCUT2D eigenvalue weighted by atomic mass is 16.6. The van der Waals surface area contributed by atoms with Gasteiger partial charge in [0.25, 0.3) is 0 Å². The predicted molar refractivity (Wildman–Crippen MR) is 73.9 cm³/mol. The van der Waals surface area contributed by atoms with Gasteiger partial charge in [-0.25, -0.2) is 4.98 Å². The van der Waals surface area contributed by atoms with Gasteiger partial charge < -0.3 is 14.7 Å². The Morgan fingerprint density at radius 1 is 1.71 bits per heavy atom. The highest BCUT2D eigenvalue weighted by Crippen LogP contribution is 2.31. The first-order chi connectivity index (χ1) is 9.86. The number of aliphatic hydroxyl groups excluding tert-OH is 1. The molecule has 1 aliphatic heterocycles. The molecule has 1 unspecified atom stereocenters. The van der Waals surface area contributed by atoms with E-state index in [-0.39, 0.29) is 23.7 Å². The minimum atomic E-state index is -0.560. The summed E-state index contributed by atoms with van der Waals surface area (Å²) in [5.74, 6) is 0.189. The van der Waals surface area contributed by atoms with Gasteiger partial charge in [-0.2, -0.15) is 5.26 Å². The molecule has 0 spiro atoms. The fourth-order valence-corrected chi connectivity index (χ4v) is 2.44. The third-order valence-electron chi connectivity index (χ3n) is 3.16. The van der Waals surface area contributed by atoms with Crippen LogP contribution < -0.4 is 4.90 Å². The fraction of sp³-hybridized carbons (Fsp3) is 0.538. The lowest BCUT2D eigenvalue weighted by molar-refractivity contribution is -0.384. The standard InChI is InChI=1S/C13H16N4O4/c1-13(2)8-16(6-10(7-18)21-13)12-11(17(19)20)3-9(4-14)5-15-12/h3,5,10,18H,6-8H2,1-2H3. The lowest BCUT2D eigenvalue weighted by Crippen LogP contribution is -2.54. The fourth-order valence-electron chi connectivity index (χ4n) is 2.44. The van der Waals surface area contributed by atoms with Crippen LogP contribution in [0.25, 0.3) is 0 Å². The average molecular weight is 292 g/mol. The molecule has 0 aliphatic carbocycles. The summed E-state index contributed by atoms with van der Waals surface area (Å²) < 4.78 is 5.68. The maximum Gasteiger partial charge on any atom is 0.312 e. The van der Waals surface area contributed by atoms with Crippen LogP contribution in [0.5, 0.6) is 0 Å². The van der Waals surface area contributed by atoms with E-state index in [1.54, 1.807) is 4.90 Å². The number of ether oxygens (including phenoxy) is 1. The van der Waals surface area contributed by atoms with E-state index in [4.69, 9.17) is 10.00 Å².